The Morgan fingerprint density at radius 3 is 1.45 bits per heavy atom. The molecule has 11 heavy (non-hydrogen) atoms. The van der Waals surface area contributed by atoms with E-state index in [4.69, 9.17) is 23.2 Å². The van der Waals surface area contributed by atoms with E-state index in [0.29, 0.717) is 0 Å². The van der Waals surface area contributed by atoms with Gasteiger partial charge in [0.15, 0.2) is 0 Å². The topological polar surface area (TPSA) is 0 Å². The molecule has 0 N–H and O–H groups in total. The summed E-state index contributed by atoms with van der Waals surface area (Å²) in [7, 11) is 0. The van der Waals surface area contributed by atoms with Crippen LogP contribution in [0.1, 0.15) is 41.0 Å². The maximum atomic E-state index is 5.73. The lowest BCUT2D eigenvalue weighted by Crippen LogP contribution is -2.31. The first kappa shape index (κ1) is 11.6. The first-order chi connectivity index (χ1) is 4.67. The number of hydrogen-bond acceptors (Lipinski definition) is 0. The number of hydrogen-bond donors (Lipinski definition) is 0. The second-order valence-electron chi connectivity index (χ2n) is 4.73. The molecule has 0 aromatic heterocycles. The van der Waals surface area contributed by atoms with Gasteiger partial charge in [0, 0.05) is 0 Å². The van der Waals surface area contributed by atoms with Crippen molar-refractivity contribution in [1.29, 1.82) is 0 Å². The lowest BCUT2D eigenvalue weighted by Gasteiger charge is -2.39. The Morgan fingerprint density at radius 1 is 1.00 bits per heavy atom. The standard InChI is InChI=1S/C9H18Cl2/c1-8(2,3)9(4,5)6-7(10)11/h7H,6H2,1-5H3. The average molecular weight is 197 g/mol. The summed E-state index contributed by atoms with van der Waals surface area (Å²) in [5, 5.41) is 0. The highest BCUT2D eigenvalue weighted by Crippen LogP contribution is 2.42. The SMILES string of the molecule is CC(C)(C)C(C)(C)CC(Cl)Cl. The van der Waals surface area contributed by atoms with E-state index in [0.717, 1.165) is 6.42 Å². The minimum Gasteiger partial charge on any atom is -0.105 e. The summed E-state index contributed by atoms with van der Waals surface area (Å²) in [6.45, 7) is 11.0. The second-order valence-corrected chi connectivity index (χ2v) is 6.01. The van der Waals surface area contributed by atoms with Crippen molar-refractivity contribution in [3.63, 3.8) is 0 Å². The molecule has 2 heteroatoms. The molecular formula is C9H18Cl2. The van der Waals surface area contributed by atoms with Crippen LogP contribution in [0.2, 0.25) is 0 Å². The van der Waals surface area contributed by atoms with Gasteiger partial charge in [-0.25, -0.2) is 0 Å². The average Bonchev–Trinajstić information content (AvgIpc) is 1.56. The lowest BCUT2D eigenvalue weighted by atomic mass is 9.68. The van der Waals surface area contributed by atoms with E-state index in [1.54, 1.807) is 0 Å². The van der Waals surface area contributed by atoms with Crippen molar-refractivity contribution in [2.75, 3.05) is 0 Å². The van der Waals surface area contributed by atoms with Crippen molar-refractivity contribution in [2.24, 2.45) is 10.8 Å². The third-order valence-electron chi connectivity index (χ3n) is 2.69. The molecule has 0 rings (SSSR count). The molecule has 0 aromatic carbocycles. The normalized spacial score (nSPS) is 14.2. The van der Waals surface area contributed by atoms with Crippen molar-refractivity contribution in [3.05, 3.63) is 0 Å². The van der Waals surface area contributed by atoms with Crippen LogP contribution in [0.5, 0.6) is 0 Å². The van der Waals surface area contributed by atoms with E-state index in [1.807, 2.05) is 0 Å². The molecule has 0 radical (unpaired) electrons. The molecule has 0 bridgehead atoms. The molecule has 0 aliphatic rings. The minimum absolute atomic E-state index is 0.196. The molecule has 68 valence electrons. The van der Waals surface area contributed by atoms with Gasteiger partial charge in [0.2, 0.25) is 0 Å². The summed E-state index contributed by atoms with van der Waals surface area (Å²) in [4.78, 5) is -0.246. The maximum Gasteiger partial charge on any atom is 0.108 e. The van der Waals surface area contributed by atoms with Gasteiger partial charge >= 0.3 is 0 Å². The molecule has 0 amide bonds. The predicted octanol–water partition coefficient (Wildman–Crippen LogP) is 4.25. The quantitative estimate of drug-likeness (QED) is 0.580. The fourth-order valence-corrected chi connectivity index (χ4v) is 1.46. The van der Waals surface area contributed by atoms with E-state index >= 15 is 0 Å². The summed E-state index contributed by atoms with van der Waals surface area (Å²) >= 11 is 11.5. The Hall–Kier alpha value is 0.580. The van der Waals surface area contributed by atoms with Crippen LogP contribution in [-0.4, -0.2) is 4.84 Å². The van der Waals surface area contributed by atoms with Crippen molar-refractivity contribution in [1.82, 2.24) is 0 Å². The molecule has 0 saturated heterocycles. The molecule has 0 nitrogen and oxygen atoms in total. The molecular weight excluding hydrogens is 179 g/mol. The number of alkyl halides is 2. The van der Waals surface area contributed by atoms with Crippen molar-refractivity contribution in [2.45, 2.75) is 45.9 Å². The zero-order valence-corrected chi connectivity index (χ0v) is 9.55. The third kappa shape index (κ3) is 3.66. The summed E-state index contributed by atoms with van der Waals surface area (Å²) in [6, 6.07) is 0. The van der Waals surface area contributed by atoms with Gasteiger partial charge < -0.3 is 0 Å². The Kier molecular flexibility index (Phi) is 3.72. The van der Waals surface area contributed by atoms with Gasteiger partial charge in [0.25, 0.3) is 0 Å². The van der Waals surface area contributed by atoms with E-state index in [1.165, 1.54) is 0 Å². The number of rotatable bonds is 2. The van der Waals surface area contributed by atoms with Gasteiger partial charge in [-0.3, -0.25) is 0 Å². The lowest BCUT2D eigenvalue weighted by molar-refractivity contribution is 0.125. The van der Waals surface area contributed by atoms with Crippen molar-refractivity contribution in [3.8, 4) is 0 Å². The molecule has 0 saturated carbocycles. The Bertz CT molecular complexity index is 120. The van der Waals surface area contributed by atoms with Gasteiger partial charge in [-0.2, -0.15) is 0 Å². The first-order valence-corrected chi connectivity index (χ1v) is 4.82. The zero-order valence-electron chi connectivity index (χ0n) is 8.04. The highest BCUT2D eigenvalue weighted by Gasteiger charge is 2.33. The van der Waals surface area contributed by atoms with Crippen LogP contribution in [0.4, 0.5) is 0 Å². The summed E-state index contributed by atoms with van der Waals surface area (Å²) in [6.07, 6.45) is 0.847. The summed E-state index contributed by atoms with van der Waals surface area (Å²) < 4.78 is 0. The van der Waals surface area contributed by atoms with Crippen molar-refractivity contribution >= 4 is 23.2 Å². The second kappa shape index (κ2) is 3.53. The van der Waals surface area contributed by atoms with Gasteiger partial charge in [-0.05, 0) is 17.3 Å². The molecule has 0 atom stereocenters. The zero-order chi connectivity index (χ0) is 9.28. The van der Waals surface area contributed by atoms with Crippen LogP contribution in [0.15, 0.2) is 0 Å². The van der Waals surface area contributed by atoms with Gasteiger partial charge in [0.05, 0.1) is 0 Å². The highest BCUT2D eigenvalue weighted by atomic mass is 35.5. The van der Waals surface area contributed by atoms with E-state index < -0.39 is 0 Å². The Morgan fingerprint density at radius 2 is 1.36 bits per heavy atom. The predicted molar refractivity (Wildman–Crippen MR) is 53.3 cm³/mol. The summed E-state index contributed by atoms with van der Waals surface area (Å²) in [5.74, 6) is 0. The third-order valence-corrected chi connectivity index (χ3v) is 3.00. The van der Waals surface area contributed by atoms with Crippen LogP contribution in [0.25, 0.3) is 0 Å². The van der Waals surface area contributed by atoms with E-state index in [2.05, 4.69) is 34.6 Å². The van der Waals surface area contributed by atoms with Crippen molar-refractivity contribution < 1.29 is 0 Å². The minimum atomic E-state index is -0.246. The summed E-state index contributed by atoms with van der Waals surface area (Å²) in [5.41, 5.74) is 0.455. The Labute approximate surface area is 80.3 Å². The smallest absolute Gasteiger partial charge is 0.105 e. The van der Waals surface area contributed by atoms with Gasteiger partial charge in [0.1, 0.15) is 4.84 Å². The van der Waals surface area contributed by atoms with Crippen LogP contribution in [-0.2, 0) is 0 Å². The van der Waals surface area contributed by atoms with Crippen LogP contribution in [0.3, 0.4) is 0 Å². The number of halogens is 2. The van der Waals surface area contributed by atoms with Gasteiger partial charge in [-0.1, -0.05) is 34.6 Å². The maximum absolute atomic E-state index is 5.73. The Balaban J connectivity index is 4.22. The molecule has 0 aliphatic heterocycles. The molecule has 0 aromatic rings. The van der Waals surface area contributed by atoms with Crippen LogP contribution in [0, 0.1) is 10.8 Å². The monoisotopic (exact) mass is 196 g/mol. The molecule has 0 spiro atoms. The molecule has 0 unspecified atom stereocenters. The first-order valence-electron chi connectivity index (χ1n) is 3.95. The van der Waals surface area contributed by atoms with Crippen LogP contribution < -0.4 is 0 Å². The molecule has 0 aliphatic carbocycles. The van der Waals surface area contributed by atoms with E-state index in [-0.39, 0.29) is 15.7 Å². The van der Waals surface area contributed by atoms with E-state index in [9.17, 15) is 0 Å². The largest absolute Gasteiger partial charge is 0.108 e. The van der Waals surface area contributed by atoms with Crippen LogP contribution >= 0.6 is 23.2 Å². The molecule has 0 heterocycles. The fourth-order valence-electron chi connectivity index (χ4n) is 0.692. The fraction of sp³-hybridized carbons (Fsp3) is 1.00. The highest BCUT2D eigenvalue weighted by molar-refractivity contribution is 6.44. The molecule has 0 fully saturated rings. The van der Waals surface area contributed by atoms with Gasteiger partial charge in [-0.15, -0.1) is 23.2 Å².